The first-order valence-corrected chi connectivity index (χ1v) is 12.1. The van der Waals surface area contributed by atoms with Gasteiger partial charge in [0, 0.05) is 11.3 Å². The molecular formula is C28H36ClF3N2O2. The Balaban J connectivity index is 0.00000648. The van der Waals surface area contributed by atoms with Crippen molar-refractivity contribution < 1.29 is 39.7 Å². The molecule has 0 bridgehead atoms. The van der Waals surface area contributed by atoms with Crippen LogP contribution in [0.5, 0.6) is 0 Å². The number of nitrogens with zero attached hydrogens (tertiary/aromatic N) is 1. The zero-order valence-corrected chi connectivity index (χ0v) is 22.0. The first kappa shape index (κ1) is 31.4. The van der Waals surface area contributed by atoms with Crippen LogP contribution in [0.4, 0.5) is 18.9 Å². The largest absolute Gasteiger partial charge is 1.00 e. The van der Waals surface area contributed by atoms with Gasteiger partial charge in [-0.05, 0) is 54.8 Å². The molecule has 0 atom stereocenters. The predicted octanol–water partition coefficient (Wildman–Crippen LogP) is 3.98. The summed E-state index contributed by atoms with van der Waals surface area (Å²) >= 11 is 0. The molecule has 198 valence electrons. The number of unbranched alkanes of at least 4 members (excludes halogenated alkanes) is 5. The number of carbonyl (C=O) groups excluding carboxylic acids is 2. The van der Waals surface area contributed by atoms with Crippen LogP contribution in [0, 0.1) is 0 Å². The van der Waals surface area contributed by atoms with Crippen LogP contribution in [0.25, 0.3) is 6.08 Å². The molecule has 0 saturated carbocycles. The van der Waals surface area contributed by atoms with Gasteiger partial charge in [0.25, 0.3) is 5.91 Å². The van der Waals surface area contributed by atoms with E-state index in [2.05, 4.69) is 12.2 Å². The van der Waals surface area contributed by atoms with Gasteiger partial charge in [-0.15, -0.1) is 0 Å². The Morgan fingerprint density at radius 3 is 2.17 bits per heavy atom. The number of hydrogen-bond donors (Lipinski definition) is 1. The van der Waals surface area contributed by atoms with Crippen molar-refractivity contribution in [1.82, 2.24) is 0 Å². The van der Waals surface area contributed by atoms with Gasteiger partial charge in [0.05, 0.1) is 26.2 Å². The number of ketones is 1. The zero-order valence-electron chi connectivity index (χ0n) is 21.2. The highest BCUT2D eigenvalue weighted by Gasteiger charge is 2.32. The number of allylic oxidation sites excluding steroid dienone is 1. The summed E-state index contributed by atoms with van der Waals surface area (Å²) in [4.78, 5) is 24.9. The van der Waals surface area contributed by atoms with Gasteiger partial charge in [0.2, 0.25) is 0 Å². The summed E-state index contributed by atoms with van der Waals surface area (Å²) in [5.41, 5.74) is 0.0271. The predicted molar refractivity (Wildman–Crippen MR) is 135 cm³/mol. The maximum Gasteiger partial charge on any atom is 0.416 e. The molecule has 2 aromatic rings. The van der Waals surface area contributed by atoms with Crippen LogP contribution < -0.4 is 17.7 Å². The van der Waals surface area contributed by atoms with Crippen LogP contribution in [0.2, 0.25) is 0 Å². The molecule has 0 aliphatic heterocycles. The van der Waals surface area contributed by atoms with Gasteiger partial charge in [0.1, 0.15) is 0 Å². The lowest BCUT2D eigenvalue weighted by molar-refractivity contribution is -0.882. The van der Waals surface area contributed by atoms with Gasteiger partial charge in [-0.1, -0.05) is 56.9 Å². The molecule has 0 spiro atoms. The average Bonchev–Trinajstić information content (AvgIpc) is 2.79. The third-order valence-corrected chi connectivity index (χ3v) is 5.82. The summed E-state index contributed by atoms with van der Waals surface area (Å²) in [6.07, 6.45) is 5.06. The lowest BCUT2D eigenvalue weighted by atomic mass is 10.0. The maximum absolute atomic E-state index is 13.1. The van der Waals surface area contributed by atoms with E-state index in [4.69, 9.17) is 0 Å². The van der Waals surface area contributed by atoms with Crippen LogP contribution in [0.3, 0.4) is 0 Å². The molecule has 0 heterocycles. The summed E-state index contributed by atoms with van der Waals surface area (Å²) < 4.78 is 39.9. The second-order valence-electron chi connectivity index (χ2n) is 9.49. The van der Waals surface area contributed by atoms with Crippen molar-refractivity contribution in [3.63, 3.8) is 0 Å². The number of halogens is 4. The molecule has 0 aromatic heterocycles. The maximum atomic E-state index is 13.1. The Bertz CT molecular complexity index is 1000. The molecule has 0 aliphatic carbocycles. The highest BCUT2D eigenvalue weighted by atomic mass is 35.5. The Kier molecular flexibility index (Phi) is 12.9. The Hall–Kier alpha value is -2.64. The Morgan fingerprint density at radius 2 is 1.53 bits per heavy atom. The van der Waals surface area contributed by atoms with Crippen LogP contribution in [-0.4, -0.2) is 43.4 Å². The van der Waals surface area contributed by atoms with Crippen LogP contribution >= 0.6 is 0 Å². The van der Waals surface area contributed by atoms with Crippen molar-refractivity contribution in [3.05, 3.63) is 71.3 Å². The highest BCUT2D eigenvalue weighted by molar-refractivity contribution is 6.07. The smallest absolute Gasteiger partial charge is 0.416 e. The van der Waals surface area contributed by atoms with Crippen molar-refractivity contribution in [1.29, 1.82) is 0 Å². The fourth-order valence-electron chi connectivity index (χ4n) is 3.87. The molecule has 8 heteroatoms. The van der Waals surface area contributed by atoms with Gasteiger partial charge in [-0.25, -0.2) is 0 Å². The van der Waals surface area contributed by atoms with Crippen LogP contribution in [0.15, 0.2) is 54.6 Å². The van der Waals surface area contributed by atoms with E-state index >= 15 is 0 Å². The number of carbonyl (C=O) groups is 2. The molecule has 0 fully saturated rings. The Morgan fingerprint density at radius 1 is 0.917 bits per heavy atom. The van der Waals surface area contributed by atoms with Crippen molar-refractivity contribution in [2.24, 2.45) is 0 Å². The normalized spacial score (nSPS) is 11.8. The van der Waals surface area contributed by atoms with Crippen molar-refractivity contribution in [2.75, 3.05) is 32.5 Å². The number of likely N-dealkylation sites (N-methyl/N-ethyl adjacent to an activating group) is 1. The standard InChI is InChI=1S/C28H35F3N2O2.ClH/c1-4-5-6-7-8-11-20-33(2,3)21-27(35)32-24-17-14-23(15-18-24)26(34)19-16-22-12-9-10-13-25(22)28(29,30)31;/h9-10,12-19H,4-8,11,20-21H2,1-3H3;1H/b19-16+;. The first-order chi connectivity index (χ1) is 16.5. The highest BCUT2D eigenvalue weighted by Crippen LogP contribution is 2.32. The molecule has 2 aromatic carbocycles. The molecule has 0 saturated heterocycles. The molecule has 2 rings (SSSR count). The van der Waals surface area contributed by atoms with Crippen molar-refractivity contribution in [3.8, 4) is 0 Å². The van der Waals surface area contributed by atoms with E-state index in [1.165, 1.54) is 56.4 Å². The lowest BCUT2D eigenvalue weighted by Crippen LogP contribution is -3.00. The summed E-state index contributed by atoms with van der Waals surface area (Å²) in [5.74, 6) is -0.527. The summed E-state index contributed by atoms with van der Waals surface area (Å²) in [7, 11) is 4.08. The molecule has 1 N–H and O–H groups in total. The first-order valence-electron chi connectivity index (χ1n) is 12.1. The number of alkyl halides is 3. The minimum atomic E-state index is -4.49. The number of nitrogens with one attached hydrogen (secondary N) is 1. The number of benzene rings is 2. The number of quaternary nitrogens is 1. The van der Waals surface area contributed by atoms with Gasteiger partial charge >= 0.3 is 6.18 Å². The third-order valence-electron chi connectivity index (χ3n) is 5.82. The van der Waals surface area contributed by atoms with Gasteiger partial charge in [0.15, 0.2) is 12.3 Å². The summed E-state index contributed by atoms with van der Waals surface area (Å²) in [6, 6.07) is 11.4. The number of amides is 1. The minimum absolute atomic E-state index is 0. The number of anilines is 1. The Labute approximate surface area is 218 Å². The summed E-state index contributed by atoms with van der Waals surface area (Å²) in [6.45, 7) is 3.47. The molecular weight excluding hydrogens is 489 g/mol. The molecule has 0 radical (unpaired) electrons. The molecule has 0 aliphatic rings. The molecule has 1 amide bonds. The van der Waals surface area contributed by atoms with Gasteiger partial charge in [-0.2, -0.15) is 13.2 Å². The van der Waals surface area contributed by atoms with Crippen molar-refractivity contribution >= 4 is 23.5 Å². The van der Waals surface area contributed by atoms with E-state index in [0.717, 1.165) is 25.1 Å². The fraction of sp³-hybridized carbons (Fsp3) is 0.429. The average molecular weight is 525 g/mol. The second-order valence-corrected chi connectivity index (χ2v) is 9.49. The topological polar surface area (TPSA) is 46.2 Å². The van der Waals surface area contributed by atoms with Crippen LogP contribution in [-0.2, 0) is 11.0 Å². The molecule has 36 heavy (non-hydrogen) atoms. The van der Waals surface area contributed by atoms with Gasteiger partial charge in [-0.3, -0.25) is 9.59 Å². The van der Waals surface area contributed by atoms with Gasteiger partial charge < -0.3 is 22.2 Å². The number of rotatable bonds is 13. The van der Waals surface area contributed by atoms with E-state index in [0.29, 0.717) is 22.3 Å². The van der Waals surface area contributed by atoms with E-state index in [9.17, 15) is 22.8 Å². The van der Waals surface area contributed by atoms with Crippen molar-refractivity contribution in [2.45, 2.75) is 51.6 Å². The quantitative estimate of drug-likeness (QED) is 0.186. The third kappa shape index (κ3) is 11.0. The second kappa shape index (κ2) is 14.8. The van der Waals surface area contributed by atoms with E-state index in [1.54, 1.807) is 24.3 Å². The van der Waals surface area contributed by atoms with Crippen LogP contribution in [0.1, 0.15) is 66.9 Å². The zero-order chi connectivity index (χ0) is 25.9. The molecule has 4 nitrogen and oxygen atoms in total. The lowest BCUT2D eigenvalue weighted by Gasteiger charge is -2.29. The summed E-state index contributed by atoms with van der Waals surface area (Å²) in [5, 5.41) is 2.86. The van der Waals surface area contributed by atoms with E-state index in [1.807, 2.05) is 14.1 Å². The SMILES string of the molecule is CCCCCCCC[N+](C)(C)CC(=O)Nc1ccc(C(=O)/C=C/c2ccccc2C(F)(F)F)cc1.[Cl-]. The number of hydrogen-bond acceptors (Lipinski definition) is 2. The fourth-order valence-corrected chi connectivity index (χ4v) is 3.87. The van der Waals surface area contributed by atoms with E-state index in [-0.39, 0.29) is 23.9 Å². The minimum Gasteiger partial charge on any atom is -1.00 e. The van der Waals surface area contributed by atoms with E-state index < -0.39 is 17.5 Å². The monoisotopic (exact) mass is 524 g/mol. The molecule has 0 unspecified atom stereocenters.